The summed E-state index contributed by atoms with van der Waals surface area (Å²) in [5, 5.41) is 2.54. The summed E-state index contributed by atoms with van der Waals surface area (Å²) < 4.78 is 36.4. The first-order chi connectivity index (χ1) is 9.91. The first-order valence-corrected chi connectivity index (χ1v) is 8.23. The Morgan fingerprint density at radius 3 is 2.86 bits per heavy atom. The molecule has 1 aromatic carbocycles. The molecule has 21 heavy (non-hydrogen) atoms. The van der Waals surface area contributed by atoms with Crippen LogP contribution in [0.2, 0.25) is 0 Å². The van der Waals surface area contributed by atoms with Gasteiger partial charge in [-0.3, -0.25) is 4.79 Å². The maximum atomic E-state index is 13.7. The van der Waals surface area contributed by atoms with E-state index in [0.29, 0.717) is 12.0 Å². The van der Waals surface area contributed by atoms with Gasteiger partial charge in [0.25, 0.3) is 5.91 Å². The average Bonchev–Trinajstić information content (AvgIpc) is 2.76. The lowest BCUT2D eigenvalue weighted by Crippen LogP contribution is -2.36. The molecular weight excluding hydrogens is 295 g/mol. The van der Waals surface area contributed by atoms with Crippen molar-refractivity contribution in [1.29, 1.82) is 0 Å². The van der Waals surface area contributed by atoms with Gasteiger partial charge in [-0.25, -0.2) is 12.8 Å². The molecule has 0 aromatic heterocycles. The second-order valence-corrected chi connectivity index (χ2v) is 7.00. The molecule has 0 aliphatic carbocycles. The number of nitrogens with one attached hydrogen (secondary N) is 1. The van der Waals surface area contributed by atoms with E-state index < -0.39 is 27.6 Å². The Morgan fingerprint density at radius 2 is 2.24 bits per heavy atom. The molecule has 0 bridgehead atoms. The molecule has 1 amide bonds. The van der Waals surface area contributed by atoms with Crippen molar-refractivity contribution in [1.82, 2.24) is 5.32 Å². The lowest BCUT2D eigenvalue weighted by molar-refractivity contribution is 0.0937. The van der Waals surface area contributed by atoms with Gasteiger partial charge >= 0.3 is 0 Å². The summed E-state index contributed by atoms with van der Waals surface area (Å²) in [5.74, 6) is 3.97. The minimum atomic E-state index is -3.10. The third kappa shape index (κ3) is 4.03. The number of sulfone groups is 1. The zero-order valence-corrected chi connectivity index (χ0v) is 12.0. The van der Waals surface area contributed by atoms with Crippen molar-refractivity contribution in [3.05, 3.63) is 35.1 Å². The van der Waals surface area contributed by atoms with Crippen molar-refractivity contribution in [3.63, 3.8) is 0 Å². The Hall–Kier alpha value is -1.91. The SMILES string of the molecule is NCC#Cc1ccc(F)c(C(=O)NC2CCS(=O)(=O)C2)c1. The summed E-state index contributed by atoms with van der Waals surface area (Å²) in [4.78, 5) is 12.0. The summed E-state index contributed by atoms with van der Waals surface area (Å²) in [5.41, 5.74) is 5.58. The number of carbonyl (C=O) groups is 1. The highest BCUT2D eigenvalue weighted by atomic mass is 32.2. The zero-order chi connectivity index (χ0) is 15.5. The monoisotopic (exact) mass is 310 g/mol. The van der Waals surface area contributed by atoms with E-state index in [0.717, 1.165) is 6.07 Å². The van der Waals surface area contributed by atoms with E-state index in [2.05, 4.69) is 17.2 Å². The predicted molar refractivity (Wildman–Crippen MR) is 76.9 cm³/mol. The van der Waals surface area contributed by atoms with Gasteiger partial charge < -0.3 is 11.1 Å². The molecule has 0 saturated carbocycles. The topological polar surface area (TPSA) is 89.3 Å². The van der Waals surface area contributed by atoms with Gasteiger partial charge in [-0.2, -0.15) is 0 Å². The number of benzene rings is 1. The first-order valence-electron chi connectivity index (χ1n) is 6.41. The van der Waals surface area contributed by atoms with Gasteiger partial charge in [0, 0.05) is 11.6 Å². The van der Waals surface area contributed by atoms with E-state index in [1.807, 2.05) is 0 Å². The molecule has 1 aromatic rings. The van der Waals surface area contributed by atoms with Crippen molar-refractivity contribution in [2.24, 2.45) is 5.73 Å². The number of halogens is 1. The van der Waals surface area contributed by atoms with E-state index in [1.165, 1.54) is 12.1 Å². The number of rotatable bonds is 2. The van der Waals surface area contributed by atoms with Crippen LogP contribution >= 0.6 is 0 Å². The molecule has 1 unspecified atom stereocenters. The Kier molecular flexibility index (Phi) is 4.60. The average molecular weight is 310 g/mol. The van der Waals surface area contributed by atoms with Crippen molar-refractivity contribution in [3.8, 4) is 11.8 Å². The Bertz CT molecular complexity index is 719. The van der Waals surface area contributed by atoms with Gasteiger partial charge in [0.15, 0.2) is 9.84 Å². The Morgan fingerprint density at radius 1 is 1.48 bits per heavy atom. The highest BCUT2D eigenvalue weighted by Gasteiger charge is 2.29. The molecule has 1 aliphatic rings. The van der Waals surface area contributed by atoms with Crippen molar-refractivity contribution >= 4 is 15.7 Å². The van der Waals surface area contributed by atoms with Gasteiger partial charge in [0.2, 0.25) is 0 Å². The number of carbonyl (C=O) groups excluding carboxylic acids is 1. The summed E-state index contributed by atoms with van der Waals surface area (Å²) in [6, 6.07) is 3.47. The third-order valence-electron chi connectivity index (χ3n) is 3.11. The fourth-order valence-electron chi connectivity index (χ4n) is 2.10. The van der Waals surface area contributed by atoms with Crippen LogP contribution in [0, 0.1) is 17.7 Å². The van der Waals surface area contributed by atoms with Crippen LogP contribution < -0.4 is 11.1 Å². The lowest BCUT2D eigenvalue weighted by Gasteiger charge is -2.11. The van der Waals surface area contributed by atoms with Crippen LogP contribution in [0.15, 0.2) is 18.2 Å². The highest BCUT2D eigenvalue weighted by molar-refractivity contribution is 7.91. The molecule has 1 atom stereocenters. The number of amides is 1. The van der Waals surface area contributed by atoms with Crippen molar-refractivity contribution in [2.75, 3.05) is 18.1 Å². The van der Waals surface area contributed by atoms with E-state index in [1.54, 1.807) is 0 Å². The fourth-order valence-corrected chi connectivity index (χ4v) is 3.78. The van der Waals surface area contributed by atoms with Crippen LogP contribution in [0.4, 0.5) is 4.39 Å². The number of hydrogen-bond donors (Lipinski definition) is 2. The Balaban J connectivity index is 2.15. The highest BCUT2D eigenvalue weighted by Crippen LogP contribution is 2.14. The summed E-state index contributed by atoms with van der Waals surface area (Å²) >= 11 is 0. The second-order valence-electron chi connectivity index (χ2n) is 4.77. The van der Waals surface area contributed by atoms with E-state index in [-0.39, 0.29) is 23.6 Å². The van der Waals surface area contributed by atoms with Gasteiger partial charge in [-0.1, -0.05) is 11.8 Å². The molecule has 1 fully saturated rings. The number of hydrogen-bond acceptors (Lipinski definition) is 4. The van der Waals surface area contributed by atoms with E-state index in [9.17, 15) is 17.6 Å². The molecular formula is C14H15FN2O3S. The molecule has 7 heteroatoms. The lowest BCUT2D eigenvalue weighted by atomic mass is 10.1. The molecule has 0 radical (unpaired) electrons. The largest absolute Gasteiger partial charge is 0.348 e. The molecule has 1 heterocycles. The zero-order valence-electron chi connectivity index (χ0n) is 11.2. The maximum Gasteiger partial charge on any atom is 0.254 e. The van der Waals surface area contributed by atoms with Gasteiger partial charge in [-0.05, 0) is 24.6 Å². The predicted octanol–water partition coefficient (Wildman–Crippen LogP) is 0.0528. The van der Waals surface area contributed by atoms with Gasteiger partial charge in [-0.15, -0.1) is 0 Å². The standard InChI is InChI=1S/C14H15FN2O3S/c15-13-4-3-10(2-1-6-16)8-12(13)14(18)17-11-5-7-21(19,20)9-11/h3-4,8,11H,5-7,9,16H2,(H,17,18). The van der Waals surface area contributed by atoms with Crippen LogP contribution in [0.5, 0.6) is 0 Å². The minimum Gasteiger partial charge on any atom is -0.348 e. The Labute approximate surface area is 122 Å². The quantitative estimate of drug-likeness (QED) is 0.756. The van der Waals surface area contributed by atoms with Crippen molar-refractivity contribution in [2.45, 2.75) is 12.5 Å². The molecule has 2 rings (SSSR count). The molecule has 1 saturated heterocycles. The minimum absolute atomic E-state index is 0.0441. The van der Waals surface area contributed by atoms with E-state index >= 15 is 0 Å². The van der Waals surface area contributed by atoms with Crippen LogP contribution in [-0.2, 0) is 9.84 Å². The van der Waals surface area contributed by atoms with Gasteiger partial charge in [0.05, 0.1) is 23.6 Å². The molecule has 112 valence electrons. The van der Waals surface area contributed by atoms with E-state index in [4.69, 9.17) is 5.73 Å². The third-order valence-corrected chi connectivity index (χ3v) is 4.88. The van der Waals surface area contributed by atoms with Crippen LogP contribution in [0.25, 0.3) is 0 Å². The summed E-state index contributed by atoms with van der Waals surface area (Å²) in [6.07, 6.45) is 0.350. The number of nitrogens with two attached hydrogens (primary N) is 1. The van der Waals surface area contributed by atoms with Gasteiger partial charge in [0.1, 0.15) is 5.82 Å². The molecule has 5 nitrogen and oxygen atoms in total. The van der Waals surface area contributed by atoms with Crippen LogP contribution in [0.3, 0.4) is 0 Å². The second kappa shape index (κ2) is 6.24. The van der Waals surface area contributed by atoms with Crippen LogP contribution in [0.1, 0.15) is 22.3 Å². The smallest absolute Gasteiger partial charge is 0.254 e. The summed E-state index contributed by atoms with van der Waals surface area (Å²) in [6.45, 7) is 0.166. The first kappa shape index (κ1) is 15.5. The molecule has 3 N–H and O–H groups in total. The van der Waals surface area contributed by atoms with Crippen LogP contribution in [-0.4, -0.2) is 38.4 Å². The maximum absolute atomic E-state index is 13.7. The molecule has 1 aliphatic heterocycles. The normalized spacial score (nSPS) is 19.6. The fraction of sp³-hybridized carbons (Fsp3) is 0.357. The molecule has 0 spiro atoms. The summed E-state index contributed by atoms with van der Waals surface area (Å²) in [7, 11) is -3.10. The van der Waals surface area contributed by atoms with Crippen molar-refractivity contribution < 1.29 is 17.6 Å².